The molecule has 1 amide bonds. The van der Waals surface area contributed by atoms with Crippen molar-refractivity contribution in [2.24, 2.45) is 0 Å². The molecule has 0 aliphatic carbocycles. The number of piperidine rings is 1. The average molecular weight is 387 g/mol. The van der Waals surface area contributed by atoms with Crippen LogP contribution in [0.1, 0.15) is 63.9 Å². The van der Waals surface area contributed by atoms with Gasteiger partial charge in [-0.1, -0.05) is 0 Å². The van der Waals surface area contributed by atoms with Gasteiger partial charge in [0.2, 0.25) is 0 Å². The highest BCUT2D eigenvalue weighted by molar-refractivity contribution is 5.69. The summed E-state index contributed by atoms with van der Waals surface area (Å²) in [5.74, 6) is 0.877. The van der Waals surface area contributed by atoms with Gasteiger partial charge in [0, 0.05) is 31.8 Å². The number of anilines is 1. The maximum atomic E-state index is 12.7. The summed E-state index contributed by atoms with van der Waals surface area (Å²) in [6, 6.07) is 3.70. The number of rotatable bonds is 3. The Morgan fingerprint density at radius 2 is 2.00 bits per heavy atom. The van der Waals surface area contributed by atoms with Crippen molar-refractivity contribution in [1.29, 1.82) is 0 Å². The third-order valence-corrected chi connectivity index (χ3v) is 5.32. The van der Waals surface area contributed by atoms with Gasteiger partial charge >= 0.3 is 6.09 Å². The van der Waals surface area contributed by atoms with E-state index in [1.165, 1.54) is 6.42 Å². The molecule has 2 aromatic rings. The number of likely N-dealkylation sites (tertiary alicyclic amines) is 1. The highest BCUT2D eigenvalue weighted by atomic mass is 16.6. The van der Waals surface area contributed by atoms with E-state index in [4.69, 9.17) is 14.8 Å². The van der Waals surface area contributed by atoms with Crippen LogP contribution in [0.5, 0.6) is 0 Å². The monoisotopic (exact) mass is 387 g/mol. The number of fused-ring (bicyclic) bond motifs is 1. The topological polar surface area (TPSA) is 83.2 Å². The minimum absolute atomic E-state index is 0.110. The van der Waals surface area contributed by atoms with Gasteiger partial charge < -0.3 is 14.7 Å². The predicted molar refractivity (Wildman–Crippen MR) is 105 cm³/mol. The van der Waals surface area contributed by atoms with Crippen molar-refractivity contribution in [2.75, 3.05) is 24.5 Å². The Hall–Kier alpha value is -2.35. The maximum absolute atomic E-state index is 12.7. The normalized spacial score (nSPS) is 20.4. The van der Waals surface area contributed by atoms with E-state index in [0.717, 1.165) is 43.9 Å². The molecular weight excluding hydrogens is 358 g/mol. The van der Waals surface area contributed by atoms with Crippen LogP contribution in [-0.2, 0) is 11.3 Å². The van der Waals surface area contributed by atoms with Gasteiger partial charge in [-0.05, 0) is 46.5 Å². The minimum Gasteiger partial charge on any atom is -0.444 e. The molecule has 8 nitrogen and oxygen atoms in total. The zero-order chi connectivity index (χ0) is 19.9. The molecule has 4 heterocycles. The van der Waals surface area contributed by atoms with Crippen LogP contribution >= 0.6 is 0 Å². The third-order valence-electron chi connectivity index (χ3n) is 5.32. The SMILES string of the molecule is CC(C)(C)OC(=O)N1CCCCC1c1cc2nc(N3CCC3)cc(CO)n2n1. The van der Waals surface area contributed by atoms with Crippen molar-refractivity contribution < 1.29 is 14.6 Å². The van der Waals surface area contributed by atoms with Crippen molar-refractivity contribution in [2.45, 2.75) is 64.7 Å². The van der Waals surface area contributed by atoms with Gasteiger partial charge in [-0.3, -0.25) is 4.90 Å². The van der Waals surface area contributed by atoms with E-state index in [-0.39, 0.29) is 18.7 Å². The van der Waals surface area contributed by atoms with Gasteiger partial charge in [-0.15, -0.1) is 0 Å². The van der Waals surface area contributed by atoms with E-state index in [2.05, 4.69) is 4.90 Å². The number of carbonyl (C=O) groups excluding carboxylic acids is 1. The molecule has 2 aliphatic heterocycles. The molecule has 0 aromatic carbocycles. The summed E-state index contributed by atoms with van der Waals surface area (Å²) >= 11 is 0. The van der Waals surface area contributed by atoms with Gasteiger partial charge in [-0.25, -0.2) is 14.3 Å². The first kappa shape index (κ1) is 19.0. The van der Waals surface area contributed by atoms with E-state index in [1.54, 1.807) is 9.42 Å². The van der Waals surface area contributed by atoms with Gasteiger partial charge in [0.1, 0.15) is 11.4 Å². The van der Waals surface area contributed by atoms with Gasteiger partial charge in [-0.2, -0.15) is 5.10 Å². The van der Waals surface area contributed by atoms with E-state index in [9.17, 15) is 9.90 Å². The fraction of sp³-hybridized carbons (Fsp3) is 0.650. The number of hydrogen-bond donors (Lipinski definition) is 1. The lowest BCUT2D eigenvalue weighted by atomic mass is 10.00. The molecule has 0 spiro atoms. The Morgan fingerprint density at radius 3 is 2.64 bits per heavy atom. The molecule has 2 aliphatic rings. The fourth-order valence-corrected chi connectivity index (χ4v) is 3.80. The largest absolute Gasteiger partial charge is 0.444 e. The smallest absolute Gasteiger partial charge is 0.410 e. The molecule has 1 N–H and O–H groups in total. The average Bonchev–Trinajstić information content (AvgIpc) is 3.02. The molecular formula is C20H29N5O3. The molecule has 1 unspecified atom stereocenters. The Morgan fingerprint density at radius 1 is 1.21 bits per heavy atom. The zero-order valence-corrected chi connectivity index (χ0v) is 16.9. The third kappa shape index (κ3) is 3.65. The summed E-state index contributed by atoms with van der Waals surface area (Å²) in [5.41, 5.74) is 1.68. The number of aliphatic hydroxyl groups excluding tert-OH is 1. The lowest BCUT2D eigenvalue weighted by Gasteiger charge is -2.35. The summed E-state index contributed by atoms with van der Waals surface area (Å²) in [4.78, 5) is 21.4. The van der Waals surface area contributed by atoms with Crippen molar-refractivity contribution in [3.8, 4) is 0 Å². The fourth-order valence-electron chi connectivity index (χ4n) is 3.80. The molecule has 28 heavy (non-hydrogen) atoms. The van der Waals surface area contributed by atoms with Crippen LogP contribution < -0.4 is 4.90 Å². The van der Waals surface area contributed by atoms with Gasteiger partial charge in [0.15, 0.2) is 5.65 Å². The van der Waals surface area contributed by atoms with Crippen LogP contribution in [0.15, 0.2) is 12.1 Å². The van der Waals surface area contributed by atoms with Gasteiger partial charge in [0.25, 0.3) is 0 Å². The van der Waals surface area contributed by atoms with Crippen LogP contribution in [0, 0.1) is 0 Å². The Kier molecular flexibility index (Phi) is 4.91. The van der Waals surface area contributed by atoms with Crippen LogP contribution in [0.25, 0.3) is 5.65 Å². The molecule has 2 fully saturated rings. The van der Waals surface area contributed by atoms with Crippen LogP contribution in [-0.4, -0.2) is 55.9 Å². The van der Waals surface area contributed by atoms with Gasteiger partial charge in [0.05, 0.1) is 24.0 Å². The maximum Gasteiger partial charge on any atom is 0.410 e. The Balaban J connectivity index is 1.67. The summed E-state index contributed by atoms with van der Waals surface area (Å²) in [5, 5.41) is 14.5. The first-order chi connectivity index (χ1) is 13.4. The number of amides is 1. The number of nitrogens with zero attached hydrogens (tertiary/aromatic N) is 5. The highest BCUT2D eigenvalue weighted by Gasteiger charge is 2.33. The first-order valence-corrected chi connectivity index (χ1v) is 10.1. The summed E-state index contributed by atoms with van der Waals surface area (Å²) in [7, 11) is 0. The summed E-state index contributed by atoms with van der Waals surface area (Å²) in [6.45, 7) is 8.17. The highest BCUT2D eigenvalue weighted by Crippen LogP contribution is 2.32. The molecule has 2 aromatic heterocycles. The van der Waals surface area contributed by atoms with E-state index in [0.29, 0.717) is 17.9 Å². The van der Waals surface area contributed by atoms with E-state index >= 15 is 0 Å². The Labute approximate surface area is 165 Å². The molecule has 0 bridgehead atoms. The number of aromatic nitrogens is 3. The predicted octanol–water partition coefficient (Wildman–Crippen LogP) is 2.89. The molecule has 1 atom stereocenters. The van der Waals surface area contributed by atoms with Crippen molar-refractivity contribution in [3.05, 3.63) is 23.5 Å². The lowest BCUT2D eigenvalue weighted by Crippen LogP contribution is -2.42. The summed E-state index contributed by atoms with van der Waals surface area (Å²) in [6.07, 6.45) is 3.71. The van der Waals surface area contributed by atoms with Crippen molar-refractivity contribution in [1.82, 2.24) is 19.5 Å². The molecule has 152 valence electrons. The second-order valence-electron chi connectivity index (χ2n) is 8.63. The van der Waals surface area contributed by atoms with Crippen LogP contribution in [0.3, 0.4) is 0 Å². The lowest BCUT2D eigenvalue weighted by molar-refractivity contribution is 0.00897. The Bertz CT molecular complexity index is 869. The number of ether oxygens (including phenoxy) is 1. The second kappa shape index (κ2) is 7.24. The first-order valence-electron chi connectivity index (χ1n) is 10.1. The molecule has 2 saturated heterocycles. The van der Waals surface area contributed by atoms with Crippen molar-refractivity contribution in [3.63, 3.8) is 0 Å². The van der Waals surface area contributed by atoms with E-state index < -0.39 is 5.60 Å². The number of hydrogen-bond acceptors (Lipinski definition) is 6. The molecule has 0 radical (unpaired) electrons. The molecule has 8 heteroatoms. The zero-order valence-electron chi connectivity index (χ0n) is 16.9. The van der Waals surface area contributed by atoms with Crippen molar-refractivity contribution >= 4 is 17.6 Å². The standard InChI is InChI=1S/C20H29N5O3/c1-20(2,3)28-19(27)24-10-5-4-7-16(24)15-12-18-21-17(23-8-6-9-23)11-14(13-26)25(18)22-15/h11-12,16,26H,4-10,13H2,1-3H3. The second-order valence-corrected chi connectivity index (χ2v) is 8.63. The molecule has 0 saturated carbocycles. The molecule has 4 rings (SSSR count). The van der Waals surface area contributed by atoms with Crippen LogP contribution in [0.4, 0.5) is 10.6 Å². The minimum atomic E-state index is -0.532. The van der Waals surface area contributed by atoms with E-state index in [1.807, 2.05) is 32.9 Å². The summed E-state index contributed by atoms with van der Waals surface area (Å²) < 4.78 is 7.31. The van der Waals surface area contributed by atoms with Crippen LogP contribution in [0.2, 0.25) is 0 Å². The quantitative estimate of drug-likeness (QED) is 0.872. The number of aliphatic hydroxyl groups is 1. The number of carbonyl (C=O) groups is 1.